The molecular weight excluding hydrogens is 186 g/mol. The maximum Gasteiger partial charge on any atom is 0.109 e. The summed E-state index contributed by atoms with van der Waals surface area (Å²) in [5.41, 5.74) is 0. The second-order valence-electron chi connectivity index (χ2n) is 2.75. The van der Waals surface area contributed by atoms with Crippen molar-refractivity contribution in [2.24, 2.45) is 0 Å². The summed E-state index contributed by atoms with van der Waals surface area (Å²) in [5.74, 6) is 0. The van der Waals surface area contributed by atoms with E-state index in [-0.39, 0.29) is 25.6 Å². The number of nitrogens with one attached hydrogen (secondary N) is 1. The molecule has 5 nitrogen and oxygen atoms in total. The van der Waals surface area contributed by atoms with Crippen LogP contribution in [0.4, 0.5) is 0 Å². The van der Waals surface area contributed by atoms with Crippen LogP contribution >= 0.6 is 12.4 Å². The van der Waals surface area contributed by atoms with E-state index < -0.39 is 24.4 Å². The zero-order valence-electron chi connectivity index (χ0n) is 6.42. The zero-order valence-corrected chi connectivity index (χ0v) is 7.24. The maximum absolute atomic E-state index is 9.18. The van der Waals surface area contributed by atoms with Crippen LogP contribution in [0.3, 0.4) is 0 Å². The number of halogens is 1. The van der Waals surface area contributed by atoms with Crippen LogP contribution in [0.15, 0.2) is 0 Å². The van der Waals surface area contributed by atoms with Crippen LogP contribution in [-0.4, -0.2) is 57.9 Å². The molecule has 0 aromatic carbocycles. The van der Waals surface area contributed by atoms with Gasteiger partial charge in [0.15, 0.2) is 0 Å². The number of β-amino-alcohol motifs (C(OH)–C–C–N with tert-alkyl or cyclic N) is 1. The Morgan fingerprint density at radius 2 is 1.75 bits per heavy atom. The third-order valence-electron chi connectivity index (χ3n) is 1.94. The topological polar surface area (TPSA) is 93.0 Å². The lowest BCUT2D eigenvalue weighted by molar-refractivity contribution is -0.101. The number of aliphatic hydroxyl groups is 4. The Morgan fingerprint density at radius 1 is 1.17 bits per heavy atom. The van der Waals surface area contributed by atoms with Gasteiger partial charge in [-0.05, 0) is 0 Å². The second kappa shape index (κ2) is 4.96. The van der Waals surface area contributed by atoms with Crippen LogP contribution in [0.1, 0.15) is 0 Å². The first kappa shape index (κ1) is 12.1. The van der Waals surface area contributed by atoms with Gasteiger partial charge in [-0.15, -0.1) is 12.4 Å². The van der Waals surface area contributed by atoms with Gasteiger partial charge in [0.05, 0.1) is 24.9 Å². The number of hydrogen-bond acceptors (Lipinski definition) is 5. The molecule has 0 bridgehead atoms. The second-order valence-corrected chi connectivity index (χ2v) is 2.75. The molecule has 0 saturated carbocycles. The molecule has 12 heavy (non-hydrogen) atoms. The van der Waals surface area contributed by atoms with E-state index >= 15 is 0 Å². The van der Waals surface area contributed by atoms with Crippen molar-refractivity contribution < 1.29 is 20.4 Å². The highest BCUT2D eigenvalue weighted by Gasteiger charge is 2.35. The fourth-order valence-electron chi connectivity index (χ4n) is 1.15. The normalized spacial score (nSPS) is 42.0. The lowest BCUT2D eigenvalue weighted by Crippen LogP contribution is -2.60. The number of rotatable bonds is 1. The summed E-state index contributed by atoms with van der Waals surface area (Å²) < 4.78 is 0. The van der Waals surface area contributed by atoms with Crippen molar-refractivity contribution in [1.29, 1.82) is 0 Å². The van der Waals surface area contributed by atoms with E-state index in [1.165, 1.54) is 0 Å². The molecule has 4 atom stereocenters. The van der Waals surface area contributed by atoms with Gasteiger partial charge in [0.2, 0.25) is 0 Å². The first-order valence-corrected chi connectivity index (χ1v) is 3.55. The van der Waals surface area contributed by atoms with E-state index in [1.807, 2.05) is 0 Å². The molecular formula is C6H14ClNO4. The number of hydrogen-bond donors (Lipinski definition) is 5. The fourth-order valence-corrected chi connectivity index (χ4v) is 1.15. The van der Waals surface area contributed by atoms with Crippen molar-refractivity contribution in [1.82, 2.24) is 5.32 Å². The molecule has 1 rings (SSSR count). The van der Waals surface area contributed by atoms with Gasteiger partial charge in [0.1, 0.15) is 6.10 Å². The minimum absolute atomic E-state index is 0. The third kappa shape index (κ3) is 2.29. The fraction of sp³-hybridized carbons (Fsp3) is 1.00. The Kier molecular flexibility index (Phi) is 5.00. The molecule has 3 unspecified atom stereocenters. The smallest absolute Gasteiger partial charge is 0.109 e. The summed E-state index contributed by atoms with van der Waals surface area (Å²) in [6.07, 6.45) is -3.20. The van der Waals surface area contributed by atoms with Gasteiger partial charge in [-0.25, -0.2) is 0 Å². The molecule has 1 aliphatic rings. The molecule has 1 aliphatic heterocycles. The van der Waals surface area contributed by atoms with E-state index in [4.69, 9.17) is 15.3 Å². The van der Waals surface area contributed by atoms with Gasteiger partial charge < -0.3 is 25.7 Å². The lowest BCUT2D eigenvalue weighted by Gasteiger charge is -2.34. The van der Waals surface area contributed by atoms with Crippen molar-refractivity contribution in [3.05, 3.63) is 0 Å². The number of piperidine rings is 1. The summed E-state index contributed by atoms with van der Waals surface area (Å²) >= 11 is 0. The summed E-state index contributed by atoms with van der Waals surface area (Å²) in [5, 5.41) is 38.6. The Balaban J connectivity index is 0.00000121. The van der Waals surface area contributed by atoms with Crippen molar-refractivity contribution in [2.45, 2.75) is 24.4 Å². The average Bonchev–Trinajstić information content (AvgIpc) is 2.01. The van der Waals surface area contributed by atoms with E-state index in [1.54, 1.807) is 0 Å². The highest BCUT2D eigenvalue weighted by molar-refractivity contribution is 5.85. The van der Waals surface area contributed by atoms with Crippen LogP contribution in [0.2, 0.25) is 0 Å². The van der Waals surface area contributed by atoms with Crippen molar-refractivity contribution >= 4 is 12.4 Å². The van der Waals surface area contributed by atoms with Crippen molar-refractivity contribution in [2.75, 3.05) is 13.2 Å². The van der Waals surface area contributed by atoms with Crippen molar-refractivity contribution in [3.63, 3.8) is 0 Å². The predicted octanol–water partition coefficient (Wildman–Crippen LogP) is -2.54. The van der Waals surface area contributed by atoms with E-state index in [9.17, 15) is 5.11 Å². The van der Waals surface area contributed by atoms with Crippen LogP contribution in [0.25, 0.3) is 0 Å². The van der Waals surface area contributed by atoms with Gasteiger partial charge >= 0.3 is 0 Å². The molecule has 74 valence electrons. The summed E-state index contributed by atoms with van der Waals surface area (Å²) in [4.78, 5) is 0. The average molecular weight is 200 g/mol. The SMILES string of the molecule is Cl.OC[C@H]1NCC(O)C(O)C1O. The maximum atomic E-state index is 9.18. The highest BCUT2D eigenvalue weighted by atomic mass is 35.5. The molecule has 0 spiro atoms. The molecule has 0 amide bonds. The van der Waals surface area contributed by atoms with E-state index in [0.717, 1.165) is 0 Å². The zero-order chi connectivity index (χ0) is 8.43. The first-order valence-electron chi connectivity index (χ1n) is 3.55. The van der Waals surface area contributed by atoms with E-state index in [2.05, 4.69) is 5.32 Å². The molecule has 0 aliphatic carbocycles. The van der Waals surface area contributed by atoms with Crippen molar-refractivity contribution in [3.8, 4) is 0 Å². The van der Waals surface area contributed by atoms with Gasteiger partial charge in [0, 0.05) is 6.54 Å². The van der Waals surface area contributed by atoms with Crippen LogP contribution < -0.4 is 5.32 Å². The highest BCUT2D eigenvalue weighted by Crippen LogP contribution is 2.09. The predicted molar refractivity (Wildman–Crippen MR) is 44.1 cm³/mol. The third-order valence-corrected chi connectivity index (χ3v) is 1.94. The molecule has 0 aromatic heterocycles. The standard InChI is InChI=1S/C6H13NO4.ClH/c8-2-3-5(10)6(11)4(9)1-7-3;/h3-11H,1-2H2;1H/t3-,4?,5?,6?;/m1./s1. The minimum atomic E-state index is -1.16. The van der Waals surface area contributed by atoms with Gasteiger partial charge in [-0.1, -0.05) is 0 Å². The van der Waals surface area contributed by atoms with Gasteiger partial charge in [-0.2, -0.15) is 0 Å². The Labute approximate surface area is 76.4 Å². The molecule has 1 heterocycles. The molecule has 0 radical (unpaired) electrons. The molecule has 1 fully saturated rings. The molecule has 0 aromatic rings. The Bertz CT molecular complexity index is 135. The minimum Gasteiger partial charge on any atom is -0.395 e. The summed E-state index contributed by atoms with van der Waals surface area (Å²) in [7, 11) is 0. The monoisotopic (exact) mass is 199 g/mol. The largest absolute Gasteiger partial charge is 0.395 e. The molecule has 5 N–H and O–H groups in total. The Hall–Kier alpha value is 0.0900. The van der Waals surface area contributed by atoms with Crippen LogP contribution in [0, 0.1) is 0 Å². The van der Waals surface area contributed by atoms with Gasteiger partial charge in [0.25, 0.3) is 0 Å². The quantitative estimate of drug-likeness (QED) is 0.321. The van der Waals surface area contributed by atoms with Gasteiger partial charge in [-0.3, -0.25) is 0 Å². The van der Waals surface area contributed by atoms with E-state index in [0.29, 0.717) is 0 Å². The summed E-state index contributed by atoms with van der Waals surface area (Å²) in [6, 6.07) is -0.534. The van der Waals surface area contributed by atoms with Crippen LogP contribution in [0.5, 0.6) is 0 Å². The molecule has 6 heteroatoms. The van der Waals surface area contributed by atoms with Crippen LogP contribution in [-0.2, 0) is 0 Å². The molecule has 1 saturated heterocycles. The summed E-state index contributed by atoms with van der Waals surface area (Å²) in [6.45, 7) is -0.0472. The number of aliphatic hydroxyl groups excluding tert-OH is 4. The first-order chi connectivity index (χ1) is 5.16. The lowest BCUT2D eigenvalue weighted by atomic mass is 9.97. The Morgan fingerprint density at radius 3 is 2.25 bits per heavy atom.